The predicted octanol–water partition coefficient (Wildman–Crippen LogP) is 5.72. The number of fused-ring (bicyclic) bond motifs is 4. The van der Waals surface area contributed by atoms with Crippen molar-refractivity contribution < 1.29 is 22.3 Å². The summed E-state index contributed by atoms with van der Waals surface area (Å²) in [6, 6.07) is 5.25. The number of anilines is 1. The van der Waals surface area contributed by atoms with E-state index in [-0.39, 0.29) is 22.5 Å². The number of benzene rings is 2. The summed E-state index contributed by atoms with van der Waals surface area (Å²) in [6.07, 6.45) is -1.34. The number of aromatic nitrogens is 4. The fourth-order valence-electron chi connectivity index (χ4n) is 4.76. The molecule has 0 bridgehead atoms. The molecule has 0 spiro atoms. The number of methoxy groups -OCH3 is 1. The number of alkyl halides is 2. The second-order valence-electron chi connectivity index (χ2n) is 8.89. The number of rotatable bonds is 5. The van der Waals surface area contributed by atoms with Crippen molar-refractivity contribution in [2.75, 3.05) is 19.0 Å². The van der Waals surface area contributed by atoms with E-state index in [1.165, 1.54) is 16.7 Å². The van der Waals surface area contributed by atoms with Crippen molar-refractivity contribution in [1.82, 2.24) is 19.3 Å². The topological polar surface area (TPSA) is 56.9 Å². The summed E-state index contributed by atoms with van der Waals surface area (Å²) in [5, 5.41) is 11.8. The normalized spacial score (nSPS) is 14.4. The molecule has 0 aliphatic carbocycles. The quantitative estimate of drug-likeness (QED) is 0.377. The van der Waals surface area contributed by atoms with Gasteiger partial charge in [0.25, 0.3) is 6.43 Å². The van der Waals surface area contributed by atoms with E-state index in [1.807, 2.05) is 13.8 Å². The van der Waals surface area contributed by atoms with Crippen LogP contribution in [0.15, 0.2) is 30.5 Å². The van der Waals surface area contributed by atoms with Crippen molar-refractivity contribution in [3.05, 3.63) is 59.3 Å². The van der Waals surface area contributed by atoms with E-state index < -0.39 is 29.2 Å². The van der Waals surface area contributed by atoms with Crippen LogP contribution in [0.1, 0.15) is 37.5 Å². The van der Waals surface area contributed by atoms with Gasteiger partial charge in [-0.25, -0.2) is 17.6 Å². The molecule has 10 heteroatoms. The Morgan fingerprint density at radius 3 is 2.62 bits per heavy atom. The van der Waals surface area contributed by atoms with Crippen LogP contribution in [0, 0.1) is 18.6 Å². The van der Waals surface area contributed by atoms with Crippen molar-refractivity contribution in [3.63, 3.8) is 0 Å². The van der Waals surface area contributed by atoms with Crippen molar-refractivity contribution in [2.24, 2.45) is 0 Å². The highest BCUT2D eigenvalue weighted by atomic mass is 19.3. The number of aryl methyl sites for hydroxylation is 1. The van der Waals surface area contributed by atoms with Crippen molar-refractivity contribution in [2.45, 2.75) is 39.3 Å². The summed E-state index contributed by atoms with van der Waals surface area (Å²) < 4.78 is 68.2. The van der Waals surface area contributed by atoms with Gasteiger partial charge in [-0.1, -0.05) is 0 Å². The fourth-order valence-corrected chi connectivity index (χ4v) is 4.76. The van der Waals surface area contributed by atoms with Crippen LogP contribution in [0.3, 0.4) is 0 Å². The molecule has 1 aliphatic rings. The third-order valence-corrected chi connectivity index (χ3v) is 6.22. The van der Waals surface area contributed by atoms with Gasteiger partial charge >= 0.3 is 0 Å². The van der Waals surface area contributed by atoms with Crippen LogP contribution in [-0.4, -0.2) is 33.0 Å². The summed E-state index contributed by atoms with van der Waals surface area (Å²) in [5.74, 6) is -0.715. The summed E-state index contributed by atoms with van der Waals surface area (Å²) in [4.78, 5) is 0. The molecule has 6 nitrogen and oxygen atoms in total. The fraction of sp³-hybridized carbons (Fsp3) is 0.333. The lowest BCUT2D eigenvalue weighted by atomic mass is 9.91. The lowest BCUT2D eigenvalue weighted by Crippen LogP contribution is -2.36. The molecule has 1 N–H and O–H groups in total. The van der Waals surface area contributed by atoms with E-state index >= 15 is 4.39 Å². The van der Waals surface area contributed by atoms with Gasteiger partial charge in [-0.05, 0) is 50.6 Å². The number of ether oxygens (including phenoxy) is 1. The number of nitrogens with one attached hydrogen (secondary N) is 1. The lowest BCUT2D eigenvalue weighted by molar-refractivity contribution is 0.151. The van der Waals surface area contributed by atoms with Crippen LogP contribution < -0.4 is 5.32 Å². The maximum Gasteiger partial charge on any atom is 0.266 e. The maximum atomic E-state index is 15.6. The van der Waals surface area contributed by atoms with Gasteiger partial charge in [-0.3, -0.25) is 4.57 Å². The van der Waals surface area contributed by atoms with Gasteiger partial charge in [0.05, 0.1) is 34.6 Å². The second kappa shape index (κ2) is 7.83. The Labute approximate surface area is 193 Å². The molecule has 4 aromatic rings. The largest absolute Gasteiger partial charge is 0.383 e. The molecule has 2 aromatic carbocycles. The third kappa shape index (κ3) is 3.27. The minimum atomic E-state index is -3.05. The Morgan fingerprint density at radius 1 is 1.15 bits per heavy atom. The predicted molar refractivity (Wildman–Crippen MR) is 120 cm³/mol. The summed E-state index contributed by atoms with van der Waals surface area (Å²) in [5.41, 5.74) is -0.876. The Bertz CT molecular complexity index is 1420. The molecular formula is C24H23F4N5O. The lowest BCUT2D eigenvalue weighted by Gasteiger charge is -2.35. The van der Waals surface area contributed by atoms with E-state index in [1.54, 1.807) is 30.9 Å². The highest BCUT2D eigenvalue weighted by molar-refractivity contribution is 5.98. The van der Waals surface area contributed by atoms with E-state index in [4.69, 9.17) is 4.74 Å². The average molecular weight is 473 g/mol. The molecule has 0 amide bonds. The van der Waals surface area contributed by atoms with Crippen LogP contribution >= 0.6 is 0 Å². The Morgan fingerprint density at radius 2 is 1.91 bits per heavy atom. The average Bonchev–Trinajstić information content (AvgIpc) is 3.34. The molecule has 0 saturated heterocycles. The Kier molecular flexibility index (Phi) is 5.16. The highest BCUT2D eigenvalue weighted by Gasteiger charge is 2.39. The van der Waals surface area contributed by atoms with Gasteiger partial charge in [0.1, 0.15) is 17.5 Å². The molecule has 3 heterocycles. The van der Waals surface area contributed by atoms with Gasteiger partial charge < -0.3 is 14.6 Å². The molecule has 1 aliphatic heterocycles. The van der Waals surface area contributed by atoms with E-state index in [9.17, 15) is 13.2 Å². The molecule has 0 unspecified atom stereocenters. The van der Waals surface area contributed by atoms with Crippen LogP contribution in [-0.2, 0) is 16.8 Å². The van der Waals surface area contributed by atoms with Crippen molar-refractivity contribution >= 4 is 16.6 Å². The zero-order valence-corrected chi connectivity index (χ0v) is 19.1. The molecule has 178 valence electrons. The first-order chi connectivity index (χ1) is 16.1. The monoisotopic (exact) mass is 473 g/mol. The SMILES string of the molecule is COCCn1ccc2c(-c3c(F)cc4c(c3C(F)F)-n3c(C)nnc3C(C)(C)N4)cc(F)cc21. The number of halogens is 4. The standard InChI is InChI=1S/C24H23F4N5O/c1-12-30-31-23-24(2,3)29-17-11-16(26)19(20(22(27)28)21(17)33(12)23)15-9-13(25)10-18-14(15)5-6-32(18)7-8-34-4/h5-6,9-11,22,29H,7-8H2,1-4H3. The molecule has 5 rings (SSSR count). The molecule has 0 saturated carbocycles. The molecule has 0 atom stereocenters. The van der Waals surface area contributed by atoms with Crippen molar-refractivity contribution in [1.29, 1.82) is 0 Å². The summed E-state index contributed by atoms with van der Waals surface area (Å²) in [7, 11) is 1.55. The highest BCUT2D eigenvalue weighted by Crippen LogP contribution is 2.47. The van der Waals surface area contributed by atoms with Crippen LogP contribution in [0.25, 0.3) is 27.7 Å². The first kappa shape index (κ1) is 22.4. The molecule has 0 radical (unpaired) electrons. The minimum absolute atomic E-state index is 0.0545. The second-order valence-corrected chi connectivity index (χ2v) is 8.89. The molecule has 34 heavy (non-hydrogen) atoms. The zero-order chi connectivity index (χ0) is 24.4. The van der Waals surface area contributed by atoms with Gasteiger partial charge in [0, 0.05) is 30.8 Å². The van der Waals surface area contributed by atoms with E-state index in [0.717, 1.165) is 6.07 Å². The minimum Gasteiger partial charge on any atom is -0.383 e. The summed E-state index contributed by atoms with van der Waals surface area (Å²) >= 11 is 0. The molecular weight excluding hydrogens is 450 g/mol. The number of hydrogen-bond donors (Lipinski definition) is 1. The summed E-state index contributed by atoms with van der Waals surface area (Å²) in [6.45, 7) is 6.07. The van der Waals surface area contributed by atoms with Crippen LogP contribution in [0.4, 0.5) is 23.2 Å². The van der Waals surface area contributed by atoms with Gasteiger partial charge in [-0.15, -0.1) is 10.2 Å². The third-order valence-electron chi connectivity index (χ3n) is 6.22. The van der Waals surface area contributed by atoms with Gasteiger partial charge in [0.15, 0.2) is 5.82 Å². The van der Waals surface area contributed by atoms with Gasteiger partial charge in [0.2, 0.25) is 0 Å². The molecule has 0 fully saturated rings. The van der Waals surface area contributed by atoms with Crippen LogP contribution in [0.5, 0.6) is 0 Å². The Balaban J connectivity index is 1.85. The number of hydrogen-bond acceptors (Lipinski definition) is 4. The maximum absolute atomic E-state index is 15.6. The van der Waals surface area contributed by atoms with E-state index in [0.29, 0.717) is 35.7 Å². The Hall–Kier alpha value is -3.40. The molecule has 2 aromatic heterocycles. The van der Waals surface area contributed by atoms with E-state index in [2.05, 4.69) is 15.5 Å². The first-order valence-electron chi connectivity index (χ1n) is 10.8. The van der Waals surface area contributed by atoms with Gasteiger partial charge in [-0.2, -0.15) is 0 Å². The zero-order valence-electron chi connectivity index (χ0n) is 19.1. The van der Waals surface area contributed by atoms with Crippen molar-refractivity contribution in [3.8, 4) is 16.8 Å². The first-order valence-corrected chi connectivity index (χ1v) is 10.8. The van der Waals surface area contributed by atoms with Crippen LogP contribution in [0.2, 0.25) is 0 Å². The number of nitrogens with zero attached hydrogens (tertiary/aromatic N) is 4. The smallest absolute Gasteiger partial charge is 0.266 e.